The standard InChI is InChI=1S/C19H21N5O3S/c1-27-18(26)16(17-20-12-7-4-5-8-13(12)21-17)14(25)11-28-19-23-22-15-9-3-2-6-10-24(15)19/h4-5,7-8,25H,2-3,6,9-11H2,1H3,(H,20,21)/b16-14+. The minimum Gasteiger partial charge on any atom is -0.510 e. The quantitative estimate of drug-likeness (QED) is 0.294. The Balaban J connectivity index is 1.62. The van der Waals surface area contributed by atoms with Crippen molar-refractivity contribution >= 4 is 34.3 Å². The second-order valence-electron chi connectivity index (χ2n) is 6.57. The van der Waals surface area contributed by atoms with Crippen LogP contribution >= 0.6 is 11.8 Å². The van der Waals surface area contributed by atoms with E-state index in [1.165, 1.54) is 25.3 Å². The van der Waals surface area contributed by atoms with E-state index >= 15 is 0 Å². The lowest BCUT2D eigenvalue weighted by molar-refractivity contribution is -0.133. The van der Waals surface area contributed by atoms with Gasteiger partial charge in [-0.3, -0.25) is 0 Å². The zero-order valence-corrected chi connectivity index (χ0v) is 16.3. The lowest BCUT2D eigenvalue weighted by atomic mass is 10.2. The Morgan fingerprint density at radius 2 is 2.14 bits per heavy atom. The number of methoxy groups -OCH3 is 1. The van der Waals surface area contributed by atoms with E-state index in [2.05, 4.69) is 24.7 Å². The summed E-state index contributed by atoms with van der Waals surface area (Å²) in [6.45, 7) is 0.878. The second kappa shape index (κ2) is 8.05. The second-order valence-corrected chi connectivity index (χ2v) is 7.51. The lowest BCUT2D eigenvalue weighted by Gasteiger charge is -2.08. The number of rotatable bonds is 5. The number of aromatic nitrogens is 5. The highest BCUT2D eigenvalue weighted by Gasteiger charge is 2.23. The number of carbonyl (C=O) groups excluding carboxylic acids is 1. The molecular weight excluding hydrogens is 378 g/mol. The van der Waals surface area contributed by atoms with Crippen LogP contribution in [0.5, 0.6) is 0 Å². The molecule has 0 atom stereocenters. The Bertz CT molecular complexity index is 1010. The van der Waals surface area contributed by atoms with Crippen molar-refractivity contribution in [3.8, 4) is 0 Å². The first-order valence-corrected chi connectivity index (χ1v) is 10.2. The van der Waals surface area contributed by atoms with Gasteiger partial charge in [-0.1, -0.05) is 30.3 Å². The molecule has 0 saturated carbocycles. The zero-order chi connectivity index (χ0) is 19.5. The fraction of sp³-hybridized carbons (Fsp3) is 0.368. The highest BCUT2D eigenvalue weighted by molar-refractivity contribution is 7.99. The van der Waals surface area contributed by atoms with Gasteiger partial charge < -0.3 is 19.4 Å². The average Bonchev–Trinajstić information content (AvgIpc) is 3.22. The van der Waals surface area contributed by atoms with E-state index in [9.17, 15) is 9.90 Å². The third kappa shape index (κ3) is 3.62. The maximum atomic E-state index is 12.3. The Morgan fingerprint density at radius 3 is 2.96 bits per heavy atom. The summed E-state index contributed by atoms with van der Waals surface area (Å²) >= 11 is 1.35. The number of benzene rings is 1. The molecule has 1 aliphatic rings. The number of ether oxygens (including phenoxy) is 1. The van der Waals surface area contributed by atoms with E-state index < -0.39 is 5.97 Å². The highest BCUT2D eigenvalue weighted by Crippen LogP contribution is 2.26. The molecule has 1 aliphatic heterocycles. The predicted molar refractivity (Wildman–Crippen MR) is 106 cm³/mol. The SMILES string of the molecule is COC(=O)/C(=C(/O)CSc1nnc2n1CCCCC2)c1nc2ccccc2[nH]1. The van der Waals surface area contributed by atoms with E-state index in [-0.39, 0.29) is 22.9 Å². The number of aromatic amines is 1. The van der Waals surface area contributed by atoms with Crippen molar-refractivity contribution in [2.75, 3.05) is 12.9 Å². The molecule has 0 bridgehead atoms. The number of aliphatic hydroxyl groups excluding tert-OH is 1. The highest BCUT2D eigenvalue weighted by atomic mass is 32.2. The molecule has 3 heterocycles. The van der Waals surface area contributed by atoms with Gasteiger partial charge in [-0.2, -0.15) is 0 Å². The molecule has 2 N–H and O–H groups in total. The Kier molecular flexibility index (Phi) is 5.34. The molecule has 9 heteroatoms. The number of hydrogen-bond donors (Lipinski definition) is 2. The van der Waals surface area contributed by atoms with Gasteiger partial charge in [0.2, 0.25) is 0 Å². The predicted octanol–water partition coefficient (Wildman–Crippen LogP) is 3.12. The minimum atomic E-state index is -0.641. The molecule has 4 rings (SSSR count). The summed E-state index contributed by atoms with van der Waals surface area (Å²) in [5.74, 6) is 0.679. The maximum absolute atomic E-state index is 12.3. The number of para-hydroxylation sites is 2. The first-order chi connectivity index (χ1) is 13.7. The van der Waals surface area contributed by atoms with Crippen LogP contribution in [0.1, 0.15) is 30.9 Å². The molecule has 0 fully saturated rings. The van der Waals surface area contributed by atoms with Gasteiger partial charge in [0.25, 0.3) is 0 Å². The zero-order valence-electron chi connectivity index (χ0n) is 15.5. The molecule has 0 radical (unpaired) electrons. The molecule has 8 nitrogen and oxygen atoms in total. The number of aryl methyl sites for hydroxylation is 1. The summed E-state index contributed by atoms with van der Waals surface area (Å²) in [6.07, 6.45) is 4.30. The van der Waals surface area contributed by atoms with Crippen LogP contribution in [-0.4, -0.2) is 48.7 Å². The van der Waals surface area contributed by atoms with E-state index in [4.69, 9.17) is 4.74 Å². The average molecular weight is 399 g/mol. The molecule has 0 saturated heterocycles. The largest absolute Gasteiger partial charge is 0.510 e. The van der Waals surface area contributed by atoms with Crippen molar-refractivity contribution in [2.24, 2.45) is 0 Å². The number of H-pyrrole nitrogens is 1. The van der Waals surface area contributed by atoms with E-state index in [1.54, 1.807) is 0 Å². The summed E-state index contributed by atoms with van der Waals surface area (Å²) in [5, 5.41) is 19.9. The van der Waals surface area contributed by atoms with Crippen LogP contribution in [0.2, 0.25) is 0 Å². The van der Waals surface area contributed by atoms with Gasteiger partial charge in [0.1, 0.15) is 23.0 Å². The van der Waals surface area contributed by atoms with Gasteiger partial charge in [-0.15, -0.1) is 10.2 Å². The summed E-state index contributed by atoms with van der Waals surface area (Å²) < 4.78 is 6.97. The lowest BCUT2D eigenvalue weighted by Crippen LogP contribution is -2.10. The molecule has 1 aromatic carbocycles. The molecule has 0 aliphatic carbocycles. The summed E-state index contributed by atoms with van der Waals surface area (Å²) in [7, 11) is 1.28. The molecular formula is C19H21N5O3S. The van der Waals surface area contributed by atoms with Gasteiger partial charge in [0.05, 0.1) is 23.9 Å². The number of nitrogens with zero attached hydrogens (tertiary/aromatic N) is 4. The number of esters is 1. The fourth-order valence-corrected chi connectivity index (χ4v) is 4.16. The van der Waals surface area contributed by atoms with Crippen LogP contribution < -0.4 is 0 Å². The number of nitrogens with one attached hydrogen (secondary N) is 1. The van der Waals surface area contributed by atoms with Gasteiger partial charge in [0.15, 0.2) is 5.16 Å². The fourth-order valence-electron chi connectivity index (χ4n) is 3.29. The molecule has 2 aromatic heterocycles. The number of carbonyl (C=O) groups is 1. The Morgan fingerprint density at radius 1 is 1.29 bits per heavy atom. The van der Waals surface area contributed by atoms with Crippen LogP contribution in [0.4, 0.5) is 0 Å². The van der Waals surface area contributed by atoms with Crippen molar-refractivity contribution in [1.82, 2.24) is 24.7 Å². The third-order valence-corrected chi connectivity index (χ3v) is 5.70. The molecule has 3 aromatic rings. The summed E-state index contributed by atoms with van der Waals surface area (Å²) in [6, 6.07) is 7.43. The van der Waals surface area contributed by atoms with Crippen molar-refractivity contribution in [1.29, 1.82) is 0 Å². The molecule has 0 spiro atoms. The Hall–Kier alpha value is -2.81. The van der Waals surface area contributed by atoms with Crippen molar-refractivity contribution in [2.45, 2.75) is 37.4 Å². The molecule has 0 unspecified atom stereocenters. The van der Waals surface area contributed by atoms with E-state index in [0.717, 1.165) is 42.3 Å². The number of aliphatic hydroxyl groups is 1. The molecule has 28 heavy (non-hydrogen) atoms. The number of hydrogen-bond acceptors (Lipinski definition) is 7. The van der Waals surface area contributed by atoms with Crippen molar-refractivity contribution in [3.63, 3.8) is 0 Å². The van der Waals surface area contributed by atoms with Crippen LogP contribution in [0, 0.1) is 0 Å². The molecule has 0 amide bonds. The normalized spacial score (nSPS) is 15.0. The van der Waals surface area contributed by atoms with E-state index in [1.807, 2.05) is 24.3 Å². The summed E-state index contributed by atoms with van der Waals surface area (Å²) in [4.78, 5) is 19.8. The van der Waals surface area contributed by atoms with Crippen LogP contribution in [-0.2, 0) is 22.5 Å². The molecule has 146 valence electrons. The van der Waals surface area contributed by atoms with Gasteiger partial charge >= 0.3 is 5.97 Å². The van der Waals surface area contributed by atoms with Crippen LogP contribution in [0.3, 0.4) is 0 Å². The van der Waals surface area contributed by atoms with Gasteiger partial charge in [0, 0.05) is 13.0 Å². The summed E-state index contributed by atoms with van der Waals surface area (Å²) in [5.41, 5.74) is 1.52. The monoisotopic (exact) mass is 399 g/mol. The van der Waals surface area contributed by atoms with Crippen LogP contribution in [0.25, 0.3) is 16.6 Å². The Labute approximate surface area is 166 Å². The number of thioether (sulfide) groups is 1. The third-order valence-electron chi connectivity index (χ3n) is 4.72. The van der Waals surface area contributed by atoms with Gasteiger partial charge in [-0.25, -0.2) is 9.78 Å². The first-order valence-electron chi connectivity index (χ1n) is 9.18. The first kappa shape index (κ1) is 18.5. The smallest absolute Gasteiger partial charge is 0.345 e. The van der Waals surface area contributed by atoms with Gasteiger partial charge in [-0.05, 0) is 25.0 Å². The minimum absolute atomic E-state index is 0.0294. The maximum Gasteiger partial charge on any atom is 0.345 e. The van der Waals surface area contributed by atoms with Crippen molar-refractivity contribution in [3.05, 3.63) is 41.7 Å². The topological polar surface area (TPSA) is 106 Å². The van der Waals surface area contributed by atoms with Crippen molar-refractivity contribution < 1.29 is 14.6 Å². The number of imidazole rings is 1. The number of fused-ring (bicyclic) bond motifs is 2. The van der Waals surface area contributed by atoms with Crippen LogP contribution in [0.15, 0.2) is 35.2 Å². The van der Waals surface area contributed by atoms with E-state index in [0.29, 0.717) is 5.52 Å².